The van der Waals surface area contributed by atoms with Crippen LogP contribution in [0.25, 0.3) is 0 Å². The summed E-state index contributed by atoms with van der Waals surface area (Å²) in [5.41, 5.74) is 7.11. The van der Waals surface area contributed by atoms with Crippen molar-refractivity contribution in [2.45, 2.75) is 26.3 Å². The molecule has 1 saturated heterocycles. The zero-order valence-corrected chi connectivity index (χ0v) is 17.4. The van der Waals surface area contributed by atoms with Gasteiger partial charge in [0, 0.05) is 22.7 Å². The Hall–Kier alpha value is -3.44. The van der Waals surface area contributed by atoms with Gasteiger partial charge in [0.2, 0.25) is 11.7 Å². The highest BCUT2D eigenvalue weighted by Crippen LogP contribution is 2.43. The monoisotopic (exact) mass is 423 g/mol. The minimum absolute atomic E-state index is 0.0275. The van der Waals surface area contributed by atoms with Crippen LogP contribution in [0.5, 0.6) is 0 Å². The van der Waals surface area contributed by atoms with E-state index in [1.807, 2.05) is 48.7 Å². The van der Waals surface area contributed by atoms with Gasteiger partial charge in [0.15, 0.2) is 6.61 Å². The molecule has 1 aromatic heterocycles. The van der Waals surface area contributed by atoms with Crippen LogP contribution in [-0.2, 0) is 19.1 Å². The third kappa shape index (κ3) is 4.26. The number of anilines is 1. The number of thiophene rings is 1. The van der Waals surface area contributed by atoms with E-state index in [-0.39, 0.29) is 23.6 Å². The Balaban J connectivity index is 1.85. The number of esters is 1. The fourth-order valence-electron chi connectivity index (χ4n) is 3.43. The molecule has 1 aliphatic rings. The van der Waals surface area contributed by atoms with Crippen LogP contribution in [0.4, 0.5) is 5.69 Å². The Kier molecular flexibility index (Phi) is 6.33. The van der Waals surface area contributed by atoms with Crippen LogP contribution in [0.3, 0.4) is 0 Å². The number of benzene rings is 1. The minimum atomic E-state index is -0.765. The molecule has 0 saturated carbocycles. The van der Waals surface area contributed by atoms with E-state index in [9.17, 15) is 14.4 Å². The molecule has 0 spiro atoms. The minimum Gasteiger partial charge on any atom is -0.457 e. The average molecular weight is 423 g/mol. The smallest absolute Gasteiger partial charge is 0.312 e. The largest absolute Gasteiger partial charge is 0.457 e. The molecular weight excluding hydrogens is 402 g/mol. The number of hydrogen-bond donors (Lipinski definition) is 1. The molecule has 2 aromatic rings. The van der Waals surface area contributed by atoms with Gasteiger partial charge in [-0.2, -0.15) is 5.26 Å². The number of hydrogen-bond acceptors (Lipinski definition) is 7. The van der Waals surface area contributed by atoms with Gasteiger partial charge in [0.25, 0.3) is 0 Å². The third-order valence-corrected chi connectivity index (χ3v) is 5.85. The molecule has 2 N–H and O–H groups in total. The first-order valence-corrected chi connectivity index (χ1v) is 10.2. The molecule has 7 nitrogen and oxygen atoms in total. The molecule has 1 amide bonds. The van der Waals surface area contributed by atoms with Crippen molar-refractivity contribution in [1.82, 2.24) is 0 Å². The number of amides is 1. The van der Waals surface area contributed by atoms with Crippen molar-refractivity contribution in [3.63, 3.8) is 0 Å². The van der Waals surface area contributed by atoms with Gasteiger partial charge in [-0.1, -0.05) is 23.8 Å². The number of carbonyl (C=O) groups excluding carboxylic acids is 3. The Morgan fingerprint density at radius 1 is 1.30 bits per heavy atom. The Morgan fingerprint density at radius 2 is 2.00 bits per heavy atom. The van der Waals surface area contributed by atoms with Crippen molar-refractivity contribution >= 4 is 34.7 Å². The lowest BCUT2D eigenvalue weighted by molar-refractivity contribution is -0.151. The molecule has 0 unspecified atom stereocenters. The van der Waals surface area contributed by atoms with Crippen LogP contribution in [0.1, 0.15) is 29.8 Å². The summed E-state index contributed by atoms with van der Waals surface area (Å²) in [6.45, 7) is 2.79. The second kappa shape index (κ2) is 8.93. The second-order valence-corrected chi connectivity index (χ2v) is 8.05. The number of nitrogens with zero attached hydrogens (tertiary/aromatic N) is 2. The second-order valence-electron chi connectivity index (χ2n) is 7.07. The number of rotatable bonds is 6. The molecule has 8 heteroatoms. The first kappa shape index (κ1) is 21.3. The van der Waals surface area contributed by atoms with Gasteiger partial charge in [-0.25, -0.2) is 0 Å². The lowest BCUT2D eigenvalue weighted by atomic mass is 9.98. The lowest BCUT2D eigenvalue weighted by Gasteiger charge is -2.27. The standard InChI is InChI=1S/C22H21N3O4S/c1-13-5-7-15(8-6-13)25-20(27)10-16(21(25)19-4-3-9-30-19)22(28)29-12-18(26)17(11-23)14(2)24/h3-9,16,21H,10,12,24H2,1-2H3/b17-14+/t16-,21-/m1/s1. The predicted molar refractivity (Wildman–Crippen MR) is 112 cm³/mol. The fourth-order valence-corrected chi connectivity index (χ4v) is 4.31. The maximum Gasteiger partial charge on any atom is 0.312 e. The molecule has 1 fully saturated rings. The summed E-state index contributed by atoms with van der Waals surface area (Å²) >= 11 is 1.45. The van der Waals surface area contributed by atoms with Gasteiger partial charge in [-0.3, -0.25) is 14.4 Å². The topological polar surface area (TPSA) is 113 Å². The van der Waals surface area contributed by atoms with E-state index in [1.165, 1.54) is 18.3 Å². The van der Waals surface area contributed by atoms with Crippen molar-refractivity contribution in [3.05, 3.63) is 63.5 Å². The summed E-state index contributed by atoms with van der Waals surface area (Å²) < 4.78 is 5.20. The average Bonchev–Trinajstić information content (AvgIpc) is 3.34. The molecule has 0 aliphatic carbocycles. The Bertz CT molecular complexity index is 1030. The maximum atomic E-state index is 12.9. The number of Topliss-reactive ketones (excluding diaryl/α,β-unsaturated/α-hetero) is 1. The van der Waals surface area contributed by atoms with Crippen molar-refractivity contribution in [1.29, 1.82) is 5.26 Å². The van der Waals surface area contributed by atoms with E-state index < -0.39 is 30.3 Å². The molecule has 0 radical (unpaired) electrons. The summed E-state index contributed by atoms with van der Waals surface area (Å²) in [6.07, 6.45) is -0.0275. The number of nitriles is 1. The number of ketones is 1. The molecule has 1 aliphatic heterocycles. The molecule has 1 aromatic carbocycles. The number of nitrogens with two attached hydrogens (primary N) is 1. The summed E-state index contributed by atoms with van der Waals surface area (Å²) in [4.78, 5) is 40.3. The van der Waals surface area contributed by atoms with Crippen molar-refractivity contribution in [2.75, 3.05) is 11.5 Å². The molecule has 0 bridgehead atoms. The zero-order chi connectivity index (χ0) is 21.8. The van der Waals surface area contributed by atoms with E-state index in [0.29, 0.717) is 5.69 Å². The first-order valence-electron chi connectivity index (χ1n) is 9.32. The highest BCUT2D eigenvalue weighted by Gasteiger charge is 2.46. The zero-order valence-electron chi connectivity index (χ0n) is 16.6. The quantitative estimate of drug-likeness (QED) is 0.434. The summed E-state index contributed by atoms with van der Waals surface area (Å²) in [5, 5.41) is 10.9. The van der Waals surface area contributed by atoms with Crippen LogP contribution in [0, 0.1) is 24.2 Å². The van der Waals surface area contributed by atoms with Crippen LogP contribution in [-0.4, -0.2) is 24.3 Å². The van der Waals surface area contributed by atoms with Gasteiger partial charge in [-0.05, 0) is 37.4 Å². The lowest BCUT2D eigenvalue weighted by Crippen LogP contribution is -2.31. The first-order chi connectivity index (χ1) is 14.3. The van der Waals surface area contributed by atoms with Crippen LogP contribution in [0.15, 0.2) is 53.0 Å². The third-order valence-electron chi connectivity index (χ3n) is 4.90. The van der Waals surface area contributed by atoms with Crippen molar-refractivity contribution < 1.29 is 19.1 Å². The van der Waals surface area contributed by atoms with Gasteiger partial charge in [-0.15, -0.1) is 11.3 Å². The van der Waals surface area contributed by atoms with E-state index in [4.69, 9.17) is 15.7 Å². The Morgan fingerprint density at radius 3 is 2.57 bits per heavy atom. The maximum absolute atomic E-state index is 12.9. The summed E-state index contributed by atoms with van der Waals surface area (Å²) in [7, 11) is 0. The van der Waals surface area contributed by atoms with E-state index in [2.05, 4.69) is 0 Å². The van der Waals surface area contributed by atoms with E-state index in [1.54, 1.807) is 11.0 Å². The van der Waals surface area contributed by atoms with Crippen molar-refractivity contribution in [2.24, 2.45) is 11.7 Å². The molecule has 30 heavy (non-hydrogen) atoms. The number of ether oxygens (including phenoxy) is 1. The van der Waals surface area contributed by atoms with Gasteiger partial charge in [0.05, 0.1) is 12.0 Å². The van der Waals surface area contributed by atoms with Crippen molar-refractivity contribution in [3.8, 4) is 6.07 Å². The van der Waals surface area contributed by atoms with Gasteiger partial charge < -0.3 is 15.4 Å². The normalized spacial score (nSPS) is 19.2. The van der Waals surface area contributed by atoms with Gasteiger partial charge >= 0.3 is 5.97 Å². The molecule has 154 valence electrons. The Labute approximate surface area is 178 Å². The SMILES string of the molecule is C/C(N)=C(/C#N)C(=O)COC(=O)[C@@H]1CC(=O)N(c2ccc(C)cc2)[C@H]1c1cccs1. The summed E-state index contributed by atoms with van der Waals surface area (Å²) in [5.74, 6) is -2.28. The fraction of sp³-hybridized carbons (Fsp3) is 0.273. The van der Waals surface area contributed by atoms with Crippen LogP contribution in [0.2, 0.25) is 0 Å². The number of aryl methyl sites for hydroxylation is 1. The van der Waals surface area contributed by atoms with E-state index >= 15 is 0 Å². The number of carbonyl (C=O) groups is 3. The summed E-state index contributed by atoms with van der Waals surface area (Å²) in [6, 6.07) is 12.4. The van der Waals surface area contributed by atoms with Crippen LogP contribution < -0.4 is 10.6 Å². The molecule has 2 heterocycles. The molecule has 3 rings (SSSR count). The molecule has 2 atom stereocenters. The number of allylic oxidation sites excluding steroid dienone is 1. The highest BCUT2D eigenvalue weighted by molar-refractivity contribution is 7.10. The van der Waals surface area contributed by atoms with Gasteiger partial charge in [0.1, 0.15) is 11.6 Å². The van der Waals surface area contributed by atoms with Crippen LogP contribution >= 0.6 is 11.3 Å². The van der Waals surface area contributed by atoms with E-state index in [0.717, 1.165) is 10.4 Å². The highest BCUT2D eigenvalue weighted by atomic mass is 32.1. The molecular formula is C22H21N3O4S. The predicted octanol–water partition coefficient (Wildman–Crippen LogP) is 3.02.